The first-order valence-corrected chi connectivity index (χ1v) is 6.61. The highest BCUT2D eigenvalue weighted by Gasteiger charge is 2.33. The molecule has 3 nitrogen and oxygen atoms in total. The third-order valence-electron chi connectivity index (χ3n) is 3.37. The van der Waals surface area contributed by atoms with Crippen LogP contribution in [0.1, 0.15) is 25.0 Å². The summed E-state index contributed by atoms with van der Waals surface area (Å²) in [6, 6.07) is 17.1. The molecule has 0 amide bonds. The maximum atomic E-state index is 10.0. The van der Waals surface area contributed by atoms with Crippen LogP contribution >= 0.6 is 0 Å². The van der Waals surface area contributed by atoms with E-state index < -0.39 is 5.54 Å². The van der Waals surface area contributed by atoms with Gasteiger partial charge in [0.2, 0.25) is 0 Å². The van der Waals surface area contributed by atoms with Crippen LogP contribution < -0.4 is 0 Å². The molecule has 1 heterocycles. The monoisotopic (exact) mass is 264 g/mol. The molecule has 3 rings (SSSR count). The molecule has 1 aliphatic heterocycles. The third kappa shape index (κ3) is 2.11. The Kier molecular flexibility index (Phi) is 2.90. The lowest BCUT2D eigenvalue weighted by molar-refractivity contribution is 0.473. The summed E-state index contributed by atoms with van der Waals surface area (Å²) >= 11 is 0. The van der Waals surface area contributed by atoms with Gasteiger partial charge in [-0.15, -0.1) is 0 Å². The van der Waals surface area contributed by atoms with Gasteiger partial charge in [-0.05, 0) is 26.0 Å². The summed E-state index contributed by atoms with van der Waals surface area (Å²) in [6.45, 7) is 4.02. The Balaban J connectivity index is 2.08. The van der Waals surface area contributed by atoms with Crippen LogP contribution in [0.15, 0.2) is 64.6 Å². The predicted octanol–water partition coefficient (Wildman–Crippen LogP) is 3.42. The highest BCUT2D eigenvalue weighted by Crippen LogP contribution is 2.29. The summed E-state index contributed by atoms with van der Waals surface area (Å²) in [6.07, 6.45) is 0. The van der Waals surface area contributed by atoms with E-state index in [2.05, 4.69) is 4.99 Å². The van der Waals surface area contributed by atoms with E-state index in [0.29, 0.717) is 5.84 Å². The number of aromatic hydroxyl groups is 1. The standard InChI is InChI=1S/C17H16N2O/c1-17(2)15(13-10-6-7-11-14(13)20)18-16(19-17)12-8-4-3-5-9-12/h3-11,20H,1-2H3. The number of rotatable bonds is 2. The third-order valence-corrected chi connectivity index (χ3v) is 3.37. The summed E-state index contributed by atoms with van der Waals surface area (Å²) in [4.78, 5) is 9.34. The zero-order chi connectivity index (χ0) is 14.2. The van der Waals surface area contributed by atoms with Crippen molar-refractivity contribution in [2.45, 2.75) is 19.4 Å². The van der Waals surface area contributed by atoms with E-state index >= 15 is 0 Å². The van der Waals surface area contributed by atoms with E-state index in [9.17, 15) is 5.11 Å². The van der Waals surface area contributed by atoms with Gasteiger partial charge in [-0.25, -0.2) is 4.99 Å². The fourth-order valence-corrected chi connectivity index (χ4v) is 2.37. The first-order chi connectivity index (χ1) is 9.58. The quantitative estimate of drug-likeness (QED) is 0.887. The molecule has 0 aromatic heterocycles. The largest absolute Gasteiger partial charge is 0.507 e. The van der Waals surface area contributed by atoms with Crippen molar-refractivity contribution in [2.24, 2.45) is 9.98 Å². The van der Waals surface area contributed by atoms with Crippen LogP contribution in [0.3, 0.4) is 0 Å². The van der Waals surface area contributed by atoms with Gasteiger partial charge in [-0.3, -0.25) is 4.99 Å². The molecule has 100 valence electrons. The minimum absolute atomic E-state index is 0.240. The molecule has 0 fully saturated rings. The summed E-state index contributed by atoms with van der Waals surface area (Å²) in [7, 11) is 0. The molecule has 0 saturated carbocycles. The highest BCUT2D eigenvalue weighted by molar-refractivity contribution is 6.21. The average molecular weight is 264 g/mol. The number of phenols is 1. The maximum absolute atomic E-state index is 10.0. The average Bonchev–Trinajstić information content (AvgIpc) is 2.76. The lowest BCUT2D eigenvalue weighted by atomic mass is 9.93. The molecule has 0 atom stereocenters. The smallest absolute Gasteiger partial charge is 0.155 e. The van der Waals surface area contributed by atoms with Crippen LogP contribution in [0.25, 0.3) is 0 Å². The van der Waals surface area contributed by atoms with Gasteiger partial charge >= 0.3 is 0 Å². The Morgan fingerprint density at radius 1 is 0.900 bits per heavy atom. The molecule has 20 heavy (non-hydrogen) atoms. The Morgan fingerprint density at radius 3 is 2.25 bits per heavy atom. The normalized spacial score (nSPS) is 16.7. The molecule has 0 saturated heterocycles. The summed E-state index contributed by atoms with van der Waals surface area (Å²) in [5.41, 5.74) is 2.09. The molecule has 1 aliphatic rings. The van der Waals surface area contributed by atoms with E-state index in [1.54, 1.807) is 12.1 Å². The molecule has 1 N–H and O–H groups in total. The van der Waals surface area contributed by atoms with Gasteiger partial charge in [-0.2, -0.15) is 0 Å². The minimum Gasteiger partial charge on any atom is -0.507 e. The van der Waals surface area contributed by atoms with Crippen molar-refractivity contribution < 1.29 is 5.11 Å². The van der Waals surface area contributed by atoms with Gasteiger partial charge in [0.05, 0.1) is 5.71 Å². The first kappa shape index (κ1) is 12.6. The van der Waals surface area contributed by atoms with E-state index in [-0.39, 0.29) is 5.75 Å². The van der Waals surface area contributed by atoms with Crippen LogP contribution in [0.2, 0.25) is 0 Å². The van der Waals surface area contributed by atoms with E-state index in [1.165, 1.54) is 0 Å². The Bertz CT molecular complexity index is 700. The van der Waals surface area contributed by atoms with Gasteiger partial charge in [0, 0.05) is 11.1 Å². The molecule has 0 unspecified atom stereocenters. The summed E-state index contributed by atoms with van der Waals surface area (Å²) in [5, 5.41) is 10.0. The van der Waals surface area contributed by atoms with Crippen molar-refractivity contribution in [2.75, 3.05) is 0 Å². The van der Waals surface area contributed by atoms with Gasteiger partial charge in [-0.1, -0.05) is 42.5 Å². The second-order valence-corrected chi connectivity index (χ2v) is 5.34. The molecule has 0 radical (unpaired) electrons. The predicted molar refractivity (Wildman–Crippen MR) is 81.7 cm³/mol. The highest BCUT2D eigenvalue weighted by atomic mass is 16.3. The number of para-hydroxylation sites is 1. The van der Waals surface area contributed by atoms with Crippen molar-refractivity contribution in [3.63, 3.8) is 0 Å². The maximum Gasteiger partial charge on any atom is 0.155 e. The van der Waals surface area contributed by atoms with Gasteiger partial charge < -0.3 is 5.11 Å². The SMILES string of the molecule is CC1(C)N=C(c2ccccc2)N=C1c1ccccc1O. The number of phenolic OH excluding ortho intramolecular Hbond substituents is 1. The molecule has 0 bridgehead atoms. The van der Waals surface area contributed by atoms with Crippen molar-refractivity contribution in [1.82, 2.24) is 0 Å². The molecular formula is C17H16N2O. The number of nitrogens with zero attached hydrogens (tertiary/aromatic N) is 2. The molecule has 0 aliphatic carbocycles. The molecule has 3 heteroatoms. The molecular weight excluding hydrogens is 248 g/mol. The number of hydrogen-bond donors (Lipinski definition) is 1. The molecule has 0 spiro atoms. The first-order valence-electron chi connectivity index (χ1n) is 6.61. The summed E-state index contributed by atoms with van der Waals surface area (Å²) < 4.78 is 0. The number of amidine groups is 1. The lowest BCUT2D eigenvalue weighted by Gasteiger charge is -2.17. The number of aliphatic imine (C=N–C) groups is 2. The van der Waals surface area contributed by atoms with E-state index in [4.69, 9.17) is 4.99 Å². The fourth-order valence-electron chi connectivity index (χ4n) is 2.37. The Labute approximate surface area is 118 Å². The van der Waals surface area contributed by atoms with Gasteiger partial charge in [0.25, 0.3) is 0 Å². The Morgan fingerprint density at radius 2 is 1.55 bits per heavy atom. The van der Waals surface area contributed by atoms with Gasteiger partial charge in [0.15, 0.2) is 5.84 Å². The summed E-state index contributed by atoms with van der Waals surface area (Å²) in [5.74, 6) is 0.956. The zero-order valence-corrected chi connectivity index (χ0v) is 11.5. The van der Waals surface area contributed by atoms with Crippen molar-refractivity contribution in [3.05, 3.63) is 65.7 Å². The van der Waals surface area contributed by atoms with E-state index in [0.717, 1.165) is 16.8 Å². The second-order valence-electron chi connectivity index (χ2n) is 5.34. The van der Waals surface area contributed by atoms with Crippen LogP contribution in [0.5, 0.6) is 5.75 Å². The molecule has 2 aromatic rings. The van der Waals surface area contributed by atoms with Crippen LogP contribution in [0.4, 0.5) is 0 Å². The van der Waals surface area contributed by atoms with Crippen LogP contribution in [-0.2, 0) is 0 Å². The van der Waals surface area contributed by atoms with Crippen molar-refractivity contribution >= 4 is 11.5 Å². The Hall–Kier alpha value is -2.42. The van der Waals surface area contributed by atoms with Crippen LogP contribution in [0, 0.1) is 0 Å². The number of benzene rings is 2. The van der Waals surface area contributed by atoms with Gasteiger partial charge in [0.1, 0.15) is 11.3 Å². The second kappa shape index (κ2) is 4.60. The van der Waals surface area contributed by atoms with E-state index in [1.807, 2.05) is 56.3 Å². The molecule has 2 aromatic carbocycles. The zero-order valence-electron chi connectivity index (χ0n) is 11.5. The minimum atomic E-state index is -0.440. The topological polar surface area (TPSA) is 45.0 Å². The van der Waals surface area contributed by atoms with Crippen molar-refractivity contribution in [3.8, 4) is 5.75 Å². The fraction of sp³-hybridized carbons (Fsp3) is 0.176. The number of hydrogen-bond acceptors (Lipinski definition) is 3. The van der Waals surface area contributed by atoms with Crippen LogP contribution in [-0.4, -0.2) is 22.2 Å². The van der Waals surface area contributed by atoms with Crippen molar-refractivity contribution in [1.29, 1.82) is 0 Å². The lowest BCUT2D eigenvalue weighted by Crippen LogP contribution is -2.27.